The summed E-state index contributed by atoms with van der Waals surface area (Å²) < 4.78 is 7.36. The third kappa shape index (κ3) is 5.17. The van der Waals surface area contributed by atoms with E-state index in [1.165, 1.54) is 0 Å². The highest BCUT2D eigenvalue weighted by atomic mass is 35.5. The number of ether oxygens (including phenoxy) is 1. The lowest BCUT2D eigenvalue weighted by atomic mass is 10.1. The van der Waals surface area contributed by atoms with Crippen molar-refractivity contribution in [2.75, 3.05) is 39.4 Å². The van der Waals surface area contributed by atoms with E-state index in [4.69, 9.17) is 28.6 Å². The molecule has 1 saturated heterocycles. The maximum absolute atomic E-state index is 6.03. The van der Waals surface area contributed by atoms with Crippen LogP contribution in [0.2, 0.25) is 5.02 Å². The Morgan fingerprint density at radius 3 is 2.69 bits per heavy atom. The number of aromatic nitrogens is 2. The van der Waals surface area contributed by atoms with E-state index in [-0.39, 0.29) is 6.04 Å². The number of rotatable bonds is 6. The number of morpholine rings is 1. The van der Waals surface area contributed by atoms with Crippen LogP contribution in [0, 0.1) is 0 Å². The topological polar surface area (TPSA) is 54.4 Å². The molecule has 0 bridgehead atoms. The summed E-state index contributed by atoms with van der Waals surface area (Å²) in [5.41, 5.74) is 1.06. The van der Waals surface area contributed by atoms with Gasteiger partial charge in [-0.15, -0.1) is 0 Å². The summed E-state index contributed by atoms with van der Waals surface area (Å²) in [6, 6.07) is 7.60. The monoisotopic (exact) mass is 393 g/mol. The fraction of sp³-hybridized carbons (Fsp3) is 0.444. The van der Waals surface area contributed by atoms with Crippen LogP contribution in [0.25, 0.3) is 0 Å². The first-order valence-electron chi connectivity index (χ1n) is 8.70. The molecule has 140 valence electrons. The van der Waals surface area contributed by atoms with Crippen molar-refractivity contribution in [3.63, 3.8) is 0 Å². The second-order valence-electron chi connectivity index (χ2n) is 6.24. The molecule has 0 radical (unpaired) electrons. The zero-order valence-electron chi connectivity index (χ0n) is 14.8. The average Bonchev–Trinajstić information content (AvgIpc) is 3.07. The van der Waals surface area contributed by atoms with Crippen LogP contribution >= 0.6 is 23.8 Å². The Bertz CT molecular complexity index is 715. The first kappa shape index (κ1) is 19.1. The van der Waals surface area contributed by atoms with E-state index in [0.29, 0.717) is 10.1 Å². The predicted molar refractivity (Wildman–Crippen MR) is 107 cm³/mol. The molecular formula is C18H24ClN5OS. The summed E-state index contributed by atoms with van der Waals surface area (Å²) in [4.78, 5) is 6.85. The van der Waals surface area contributed by atoms with Crippen molar-refractivity contribution in [1.82, 2.24) is 25.1 Å². The van der Waals surface area contributed by atoms with E-state index in [0.717, 1.165) is 50.8 Å². The first-order valence-corrected chi connectivity index (χ1v) is 9.49. The predicted octanol–water partition coefficient (Wildman–Crippen LogP) is 1.96. The summed E-state index contributed by atoms with van der Waals surface area (Å²) in [6.07, 6.45) is 3.71. The van der Waals surface area contributed by atoms with Gasteiger partial charge in [0.25, 0.3) is 0 Å². The van der Waals surface area contributed by atoms with Gasteiger partial charge in [0.15, 0.2) is 5.11 Å². The second-order valence-corrected chi connectivity index (χ2v) is 7.08. The average molecular weight is 394 g/mol. The number of nitrogens with one attached hydrogen (secondary N) is 2. The van der Waals surface area contributed by atoms with Gasteiger partial charge in [-0.2, -0.15) is 0 Å². The molecule has 1 aliphatic rings. The van der Waals surface area contributed by atoms with E-state index in [1.54, 1.807) is 6.20 Å². The summed E-state index contributed by atoms with van der Waals surface area (Å²) in [5, 5.41) is 8.00. The minimum atomic E-state index is -0.143. The number of aryl methyl sites for hydroxylation is 1. The Balaban J connectivity index is 1.61. The SMILES string of the molecule is Cn1ccnc1[C@@H](NC(=S)NCCN1CCOCC1)c1ccc(Cl)cc1. The molecule has 0 spiro atoms. The highest BCUT2D eigenvalue weighted by Crippen LogP contribution is 2.22. The molecule has 1 aromatic heterocycles. The standard InChI is InChI=1S/C18H24ClN5OS/c1-23-8-6-20-17(23)16(14-2-4-15(19)5-3-14)22-18(26)21-7-9-24-10-12-25-13-11-24/h2-6,8,16H,7,9-13H2,1H3,(H2,21,22,26)/t16-/m0/s1. The number of nitrogens with zero attached hydrogens (tertiary/aromatic N) is 3. The maximum Gasteiger partial charge on any atom is 0.167 e. The lowest BCUT2D eigenvalue weighted by Crippen LogP contribution is -2.44. The molecule has 0 aliphatic carbocycles. The minimum absolute atomic E-state index is 0.143. The number of thiocarbonyl (C=S) groups is 1. The molecule has 2 N–H and O–H groups in total. The van der Waals surface area contributed by atoms with Crippen molar-refractivity contribution >= 4 is 28.9 Å². The summed E-state index contributed by atoms with van der Waals surface area (Å²) >= 11 is 11.5. The van der Waals surface area contributed by atoms with Crippen LogP contribution in [0.3, 0.4) is 0 Å². The molecule has 2 aromatic rings. The maximum atomic E-state index is 6.03. The van der Waals surface area contributed by atoms with Gasteiger partial charge in [-0.1, -0.05) is 23.7 Å². The van der Waals surface area contributed by atoms with Gasteiger partial charge in [0, 0.05) is 50.6 Å². The molecule has 1 atom stereocenters. The molecule has 1 aliphatic heterocycles. The van der Waals surface area contributed by atoms with Crippen LogP contribution in [-0.2, 0) is 11.8 Å². The van der Waals surface area contributed by atoms with Gasteiger partial charge < -0.3 is 19.9 Å². The number of hydrogen-bond donors (Lipinski definition) is 2. The van der Waals surface area contributed by atoms with Gasteiger partial charge in [0.2, 0.25) is 0 Å². The zero-order chi connectivity index (χ0) is 18.4. The van der Waals surface area contributed by atoms with Crippen molar-refractivity contribution in [2.24, 2.45) is 7.05 Å². The Labute approximate surface area is 164 Å². The highest BCUT2D eigenvalue weighted by molar-refractivity contribution is 7.80. The van der Waals surface area contributed by atoms with Crippen molar-refractivity contribution in [3.8, 4) is 0 Å². The lowest BCUT2D eigenvalue weighted by Gasteiger charge is -2.27. The Kier molecular flexibility index (Phi) is 6.85. The Morgan fingerprint density at radius 1 is 1.31 bits per heavy atom. The summed E-state index contributed by atoms with van der Waals surface area (Å²) in [6.45, 7) is 5.30. The second kappa shape index (κ2) is 9.32. The summed E-state index contributed by atoms with van der Waals surface area (Å²) in [5.74, 6) is 0.893. The lowest BCUT2D eigenvalue weighted by molar-refractivity contribution is 0.0389. The highest BCUT2D eigenvalue weighted by Gasteiger charge is 2.19. The normalized spacial score (nSPS) is 16.2. The van der Waals surface area contributed by atoms with E-state index in [9.17, 15) is 0 Å². The van der Waals surface area contributed by atoms with Crippen molar-refractivity contribution in [3.05, 3.63) is 53.1 Å². The van der Waals surface area contributed by atoms with Gasteiger partial charge in [0.05, 0.1) is 13.2 Å². The van der Waals surface area contributed by atoms with Crippen LogP contribution < -0.4 is 10.6 Å². The Morgan fingerprint density at radius 2 is 2.04 bits per heavy atom. The van der Waals surface area contributed by atoms with Crippen LogP contribution in [0.1, 0.15) is 17.4 Å². The molecule has 6 nitrogen and oxygen atoms in total. The van der Waals surface area contributed by atoms with E-state index in [1.807, 2.05) is 42.1 Å². The van der Waals surface area contributed by atoms with Crippen LogP contribution in [0.4, 0.5) is 0 Å². The van der Waals surface area contributed by atoms with Crippen LogP contribution in [0.15, 0.2) is 36.7 Å². The molecule has 0 unspecified atom stereocenters. The van der Waals surface area contributed by atoms with E-state index in [2.05, 4.69) is 20.5 Å². The molecule has 2 heterocycles. The molecule has 26 heavy (non-hydrogen) atoms. The number of imidazole rings is 1. The van der Waals surface area contributed by atoms with Gasteiger partial charge in [-0.05, 0) is 29.9 Å². The van der Waals surface area contributed by atoms with E-state index >= 15 is 0 Å². The third-order valence-corrected chi connectivity index (χ3v) is 4.93. The van der Waals surface area contributed by atoms with Gasteiger partial charge >= 0.3 is 0 Å². The number of benzene rings is 1. The molecule has 3 rings (SSSR count). The van der Waals surface area contributed by atoms with Gasteiger partial charge in [-0.3, -0.25) is 4.90 Å². The van der Waals surface area contributed by atoms with Crippen molar-refractivity contribution < 1.29 is 4.74 Å². The number of hydrogen-bond acceptors (Lipinski definition) is 4. The Hall–Kier alpha value is -1.67. The molecule has 8 heteroatoms. The molecule has 0 amide bonds. The largest absolute Gasteiger partial charge is 0.379 e. The molecule has 1 aromatic carbocycles. The number of halogens is 1. The van der Waals surface area contributed by atoms with Crippen LogP contribution in [0.5, 0.6) is 0 Å². The molecule has 1 fully saturated rings. The van der Waals surface area contributed by atoms with E-state index < -0.39 is 0 Å². The quantitative estimate of drug-likeness (QED) is 0.732. The van der Waals surface area contributed by atoms with Crippen molar-refractivity contribution in [2.45, 2.75) is 6.04 Å². The zero-order valence-corrected chi connectivity index (χ0v) is 16.4. The third-order valence-electron chi connectivity index (χ3n) is 4.41. The smallest absolute Gasteiger partial charge is 0.167 e. The van der Waals surface area contributed by atoms with Gasteiger partial charge in [-0.25, -0.2) is 4.98 Å². The summed E-state index contributed by atoms with van der Waals surface area (Å²) in [7, 11) is 1.97. The fourth-order valence-corrected chi connectivity index (χ4v) is 3.29. The van der Waals surface area contributed by atoms with Gasteiger partial charge in [0.1, 0.15) is 11.9 Å². The van der Waals surface area contributed by atoms with Crippen molar-refractivity contribution in [1.29, 1.82) is 0 Å². The fourth-order valence-electron chi connectivity index (χ4n) is 2.94. The molecular weight excluding hydrogens is 370 g/mol. The minimum Gasteiger partial charge on any atom is -0.379 e. The van der Waals surface area contributed by atoms with Crippen LogP contribution in [-0.4, -0.2) is 59.0 Å². The molecule has 0 saturated carbocycles. The first-order chi connectivity index (χ1) is 12.6.